The van der Waals surface area contributed by atoms with E-state index in [1.54, 1.807) is 0 Å². The Bertz CT molecular complexity index is 308. The second-order valence-corrected chi connectivity index (χ2v) is 3.29. The minimum absolute atomic E-state index is 0.349. The van der Waals surface area contributed by atoms with Crippen LogP contribution < -0.4 is 0 Å². The highest BCUT2D eigenvalue weighted by molar-refractivity contribution is 7.71. The molecule has 0 atom stereocenters. The zero-order valence-corrected chi connectivity index (χ0v) is 8.14. The van der Waals surface area contributed by atoms with Gasteiger partial charge in [-0.1, -0.05) is 0 Å². The molecule has 0 aliphatic heterocycles. The molecule has 0 bridgehead atoms. The van der Waals surface area contributed by atoms with Crippen LogP contribution in [0.1, 0.15) is 25.7 Å². The van der Waals surface area contributed by atoms with E-state index in [1.165, 1.54) is 0 Å². The standard InChI is InChI=1S/C7H13N3S/c1-5(2)10-7(11)9(4)6(3)8-10/h5H,1-4H3. The SMILES string of the molecule is Cc1nn(C(C)C)c(=S)n1C. The Morgan fingerprint density at radius 2 is 2.00 bits per heavy atom. The van der Waals surface area contributed by atoms with Crippen LogP contribution in [0.2, 0.25) is 0 Å². The van der Waals surface area contributed by atoms with E-state index in [4.69, 9.17) is 12.2 Å². The average molecular weight is 171 g/mol. The molecule has 0 aromatic carbocycles. The zero-order valence-electron chi connectivity index (χ0n) is 7.33. The summed E-state index contributed by atoms with van der Waals surface area (Å²) in [6.07, 6.45) is 0. The molecule has 0 saturated heterocycles. The van der Waals surface area contributed by atoms with Crippen molar-refractivity contribution in [3.05, 3.63) is 10.6 Å². The van der Waals surface area contributed by atoms with Gasteiger partial charge < -0.3 is 4.57 Å². The predicted octanol–water partition coefficient (Wildman–Crippen LogP) is 1.84. The Labute approximate surface area is 71.7 Å². The monoisotopic (exact) mass is 171 g/mol. The lowest BCUT2D eigenvalue weighted by Crippen LogP contribution is -2.03. The van der Waals surface area contributed by atoms with Gasteiger partial charge in [0.2, 0.25) is 0 Å². The number of aromatic nitrogens is 3. The molecule has 11 heavy (non-hydrogen) atoms. The van der Waals surface area contributed by atoms with Gasteiger partial charge in [0.1, 0.15) is 5.82 Å². The largest absolute Gasteiger partial charge is 0.307 e. The first-order chi connectivity index (χ1) is 5.04. The summed E-state index contributed by atoms with van der Waals surface area (Å²) in [4.78, 5) is 0. The van der Waals surface area contributed by atoms with Crippen LogP contribution in [0.4, 0.5) is 0 Å². The summed E-state index contributed by atoms with van der Waals surface area (Å²) in [5, 5.41) is 4.28. The molecule has 1 aromatic rings. The number of hydrogen-bond donors (Lipinski definition) is 0. The molecule has 0 aliphatic carbocycles. The van der Waals surface area contributed by atoms with E-state index in [0.717, 1.165) is 10.6 Å². The maximum Gasteiger partial charge on any atom is 0.197 e. The van der Waals surface area contributed by atoms with Gasteiger partial charge in [0, 0.05) is 13.1 Å². The summed E-state index contributed by atoms with van der Waals surface area (Å²) >= 11 is 5.15. The number of hydrogen-bond acceptors (Lipinski definition) is 2. The molecular weight excluding hydrogens is 158 g/mol. The minimum Gasteiger partial charge on any atom is -0.307 e. The van der Waals surface area contributed by atoms with Crippen LogP contribution in [-0.2, 0) is 7.05 Å². The third kappa shape index (κ3) is 1.35. The highest BCUT2D eigenvalue weighted by Gasteiger charge is 2.04. The lowest BCUT2D eigenvalue weighted by molar-refractivity contribution is 0.519. The maximum absolute atomic E-state index is 5.15. The molecule has 4 heteroatoms. The molecule has 0 aliphatic rings. The highest BCUT2D eigenvalue weighted by atomic mass is 32.1. The van der Waals surface area contributed by atoms with Crippen molar-refractivity contribution in [3.63, 3.8) is 0 Å². The lowest BCUT2D eigenvalue weighted by atomic mass is 10.4. The van der Waals surface area contributed by atoms with Gasteiger partial charge in [-0.15, -0.1) is 0 Å². The molecule has 62 valence electrons. The van der Waals surface area contributed by atoms with Crippen LogP contribution in [0.25, 0.3) is 0 Å². The molecule has 0 unspecified atom stereocenters. The molecule has 1 rings (SSSR count). The van der Waals surface area contributed by atoms with Gasteiger partial charge in [0.25, 0.3) is 0 Å². The number of aryl methyl sites for hydroxylation is 1. The van der Waals surface area contributed by atoms with E-state index in [2.05, 4.69) is 18.9 Å². The quantitative estimate of drug-likeness (QED) is 0.602. The highest BCUT2D eigenvalue weighted by Crippen LogP contribution is 2.05. The summed E-state index contributed by atoms with van der Waals surface area (Å²) < 4.78 is 4.55. The fourth-order valence-electron chi connectivity index (χ4n) is 0.894. The smallest absolute Gasteiger partial charge is 0.197 e. The first-order valence-corrected chi connectivity index (χ1v) is 4.07. The van der Waals surface area contributed by atoms with Crippen molar-refractivity contribution in [1.29, 1.82) is 0 Å². The zero-order chi connectivity index (χ0) is 8.59. The van der Waals surface area contributed by atoms with Crippen LogP contribution in [-0.4, -0.2) is 14.3 Å². The van der Waals surface area contributed by atoms with Crippen LogP contribution in [0.5, 0.6) is 0 Å². The van der Waals surface area contributed by atoms with Crippen molar-refractivity contribution < 1.29 is 0 Å². The van der Waals surface area contributed by atoms with Gasteiger partial charge in [-0.05, 0) is 33.0 Å². The van der Waals surface area contributed by atoms with Crippen molar-refractivity contribution >= 4 is 12.2 Å². The number of nitrogens with zero attached hydrogens (tertiary/aromatic N) is 3. The Kier molecular flexibility index (Phi) is 2.13. The fourth-order valence-corrected chi connectivity index (χ4v) is 1.28. The molecule has 1 heterocycles. The Morgan fingerprint density at radius 3 is 2.18 bits per heavy atom. The third-order valence-electron chi connectivity index (χ3n) is 1.71. The molecule has 1 aromatic heterocycles. The van der Waals surface area contributed by atoms with E-state index in [0.29, 0.717) is 6.04 Å². The lowest BCUT2D eigenvalue weighted by Gasteiger charge is -2.02. The van der Waals surface area contributed by atoms with E-state index >= 15 is 0 Å². The number of rotatable bonds is 1. The van der Waals surface area contributed by atoms with Gasteiger partial charge in [0.15, 0.2) is 4.77 Å². The Hall–Kier alpha value is -0.640. The van der Waals surface area contributed by atoms with Crippen LogP contribution in [0.15, 0.2) is 0 Å². The summed E-state index contributed by atoms with van der Waals surface area (Å²) in [6, 6.07) is 0.349. The Balaban J connectivity index is 3.30. The molecule has 3 nitrogen and oxygen atoms in total. The molecule has 0 N–H and O–H groups in total. The molecule has 0 fully saturated rings. The van der Waals surface area contributed by atoms with Gasteiger partial charge in [-0.2, -0.15) is 5.10 Å². The van der Waals surface area contributed by atoms with Gasteiger partial charge in [-0.3, -0.25) is 0 Å². The van der Waals surface area contributed by atoms with Crippen LogP contribution in [0.3, 0.4) is 0 Å². The second-order valence-electron chi connectivity index (χ2n) is 2.93. The maximum atomic E-state index is 5.15. The van der Waals surface area contributed by atoms with E-state index in [1.807, 2.05) is 23.2 Å². The predicted molar refractivity (Wildman–Crippen MR) is 47.2 cm³/mol. The molecule has 0 spiro atoms. The molecule has 0 amide bonds. The second kappa shape index (κ2) is 2.77. The molecule has 0 saturated carbocycles. The average Bonchev–Trinajstić information content (AvgIpc) is 2.17. The third-order valence-corrected chi connectivity index (χ3v) is 2.17. The summed E-state index contributed by atoms with van der Waals surface area (Å²) in [7, 11) is 1.93. The van der Waals surface area contributed by atoms with Crippen molar-refractivity contribution in [2.75, 3.05) is 0 Å². The summed E-state index contributed by atoms with van der Waals surface area (Å²) in [6.45, 7) is 6.10. The fraction of sp³-hybridized carbons (Fsp3) is 0.714. The van der Waals surface area contributed by atoms with Gasteiger partial charge in [-0.25, -0.2) is 4.68 Å². The van der Waals surface area contributed by atoms with Crippen LogP contribution >= 0.6 is 12.2 Å². The van der Waals surface area contributed by atoms with E-state index < -0.39 is 0 Å². The van der Waals surface area contributed by atoms with Crippen LogP contribution in [0, 0.1) is 11.7 Å². The molecule has 0 radical (unpaired) electrons. The van der Waals surface area contributed by atoms with Crippen molar-refractivity contribution in [2.24, 2.45) is 7.05 Å². The van der Waals surface area contributed by atoms with E-state index in [-0.39, 0.29) is 0 Å². The topological polar surface area (TPSA) is 22.8 Å². The van der Waals surface area contributed by atoms with E-state index in [9.17, 15) is 0 Å². The normalized spacial score (nSPS) is 11.0. The summed E-state index contributed by atoms with van der Waals surface area (Å²) in [5.41, 5.74) is 0. The van der Waals surface area contributed by atoms with Crippen molar-refractivity contribution in [1.82, 2.24) is 14.3 Å². The Morgan fingerprint density at radius 1 is 1.45 bits per heavy atom. The first kappa shape index (κ1) is 8.46. The van der Waals surface area contributed by atoms with Gasteiger partial charge in [0.05, 0.1) is 0 Å². The van der Waals surface area contributed by atoms with Crippen molar-refractivity contribution in [3.8, 4) is 0 Å². The first-order valence-electron chi connectivity index (χ1n) is 3.66. The summed E-state index contributed by atoms with van der Waals surface area (Å²) in [5.74, 6) is 0.962. The van der Waals surface area contributed by atoms with Gasteiger partial charge >= 0.3 is 0 Å². The van der Waals surface area contributed by atoms with Crippen molar-refractivity contribution in [2.45, 2.75) is 26.8 Å². The minimum atomic E-state index is 0.349. The molecular formula is C7H13N3S.